The van der Waals surface area contributed by atoms with Crippen molar-refractivity contribution in [2.24, 2.45) is 17.8 Å². The number of aryl methyl sites for hydroxylation is 1. The largest absolute Gasteiger partial charge is 0.490 e. The second-order valence-electron chi connectivity index (χ2n) is 13.1. The first kappa shape index (κ1) is 29.6. The number of nitrogens with zero attached hydrogens (tertiary/aromatic N) is 1. The van der Waals surface area contributed by atoms with Gasteiger partial charge in [0.05, 0.1) is 17.5 Å². The molecule has 2 aliphatic heterocycles. The Balaban J connectivity index is 1.40. The molecule has 1 fully saturated rings. The number of carbonyl (C=O) groups is 1. The molecular weight excluding hydrogens is 568 g/mol. The molecule has 1 N–H and O–H groups in total. The van der Waals surface area contributed by atoms with Crippen molar-refractivity contribution in [1.82, 2.24) is 4.72 Å². The summed E-state index contributed by atoms with van der Waals surface area (Å²) in [4.78, 5) is 15.9. The number of hydrogen-bond donors (Lipinski definition) is 1. The van der Waals surface area contributed by atoms with E-state index in [1.54, 1.807) is 6.07 Å². The molecule has 1 saturated carbocycles. The van der Waals surface area contributed by atoms with Gasteiger partial charge in [-0.1, -0.05) is 56.5 Å². The minimum Gasteiger partial charge on any atom is -0.490 e. The maximum Gasteiger partial charge on any atom is 0.264 e. The molecule has 5 atom stereocenters. The Hall–Kier alpha value is -2.51. The van der Waals surface area contributed by atoms with Gasteiger partial charge in [0.25, 0.3) is 5.91 Å². The lowest BCUT2D eigenvalue weighted by Crippen LogP contribution is -2.48. The van der Waals surface area contributed by atoms with E-state index >= 15 is 0 Å². The molecule has 1 spiro atoms. The van der Waals surface area contributed by atoms with Gasteiger partial charge in [-0.05, 0) is 104 Å². The maximum atomic E-state index is 13.6. The highest BCUT2D eigenvalue weighted by Crippen LogP contribution is 2.46. The highest BCUT2D eigenvalue weighted by atomic mass is 35.5. The van der Waals surface area contributed by atoms with Crippen molar-refractivity contribution >= 4 is 33.2 Å². The zero-order valence-electron chi connectivity index (χ0n) is 24.8. The number of ether oxygens (including phenoxy) is 1. The first-order chi connectivity index (χ1) is 20.2. The number of fused-ring (bicyclic) bond motifs is 4. The molecule has 2 aliphatic carbocycles. The van der Waals surface area contributed by atoms with Gasteiger partial charge in [0.15, 0.2) is 0 Å². The monoisotopic (exact) mass is 610 g/mol. The number of anilines is 1. The highest BCUT2D eigenvalue weighted by molar-refractivity contribution is 7.90. The zero-order chi connectivity index (χ0) is 29.5. The van der Waals surface area contributed by atoms with E-state index in [4.69, 9.17) is 16.3 Å². The van der Waals surface area contributed by atoms with Crippen LogP contribution in [0.2, 0.25) is 5.02 Å². The van der Waals surface area contributed by atoms with Gasteiger partial charge in [-0.3, -0.25) is 4.79 Å². The quantitative estimate of drug-likeness (QED) is 0.377. The fourth-order valence-corrected chi connectivity index (χ4v) is 9.57. The minimum atomic E-state index is -3.86. The smallest absolute Gasteiger partial charge is 0.264 e. The van der Waals surface area contributed by atoms with Crippen LogP contribution < -0.4 is 14.4 Å². The van der Waals surface area contributed by atoms with Gasteiger partial charge in [-0.15, -0.1) is 0 Å². The topological polar surface area (TPSA) is 75.7 Å². The fourth-order valence-electron chi connectivity index (χ4n) is 7.65. The average molecular weight is 611 g/mol. The van der Waals surface area contributed by atoms with Crippen molar-refractivity contribution in [2.75, 3.05) is 24.6 Å². The Bertz CT molecular complexity index is 1470. The van der Waals surface area contributed by atoms with E-state index in [1.807, 2.05) is 25.1 Å². The van der Waals surface area contributed by atoms with Crippen LogP contribution in [0.5, 0.6) is 5.75 Å². The van der Waals surface area contributed by atoms with Crippen molar-refractivity contribution in [3.8, 4) is 5.75 Å². The number of halogens is 1. The van der Waals surface area contributed by atoms with Crippen LogP contribution in [0.3, 0.4) is 0 Å². The Labute approximate surface area is 255 Å². The van der Waals surface area contributed by atoms with Gasteiger partial charge in [-0.2, -0.15) is 0 Å². The number of nitrogens with one attached hydrogen (secondary N) is 1. The third kappa shape index (κ3) is 5.71. The number of benzene rings is 2. The van der Waals surface area contributed by atoms with E-state index < -0.39 is 21.2 Å². The SMILES string of the molecule is CCCCC1[C@H](C)C/C=C\C2CCC2CN2C[C@@]3(CCCc4cc(Cl)ccc43)COc3ccc(cc32)C(=O)NS1(=O)=O. The summed E-state index contributed by atoms with van der Waals surface area (Å²) in [7, 11) is -3.86. The first-order valence-electron chi connectivity index (χ1n) is 15.7. The van der Waals surface area contributed by atoms with Crippen LogP contribution in [0.1, 0.15) is 86.7 Å². The molecule has 2 heterocycles. The third-order valence-electron chi connectivity index (χ3n) is 10.2. The second-order valence-corrected chi connectivity index (χ2v) is 15.4. The van der Waals surface area contributed by atoms with E-state index in [0.29, 0.717) is 36.8 Å². The number of sulfonamides is 1. The summed E-state index contributed by atoms with van der Waals surface area (Å²) in [5.41, 5.74) is 3.63. The minimum absolute atomic E-state index is 0.0880. The maximum absolute atomic E-state index is 13.6. The molecule has 1 amide bonds. The predicted octanol–water partition coefficient (Wildman–Crippen LogP) is 7.05. The number of allylic oxidation sites excluding steroid dienone is 2. The molecule has 0 saturated heterocycles. The van der Waals surface area contributed by atoms with Crippen LogP contribution in [0.25, 0.3) is 0 Å². The van der Waals surface area contributed by atoms with Crippen molar-refractivity contribution in [3.05, 3.63) is 70.3 Å². The number of amides is 1. The van der Waals surface area contributed by atoms with Gasteiger partial charge in [0.1, 0.15) is 5.75 Å². The summed E-state index contributed by atoms with van der Waals surface area (Å²) >= 11 is 6.40. The molecule has 0 aromatic heterocycles. The molecule has 42 heavy (non-hydrogen) atoms. The van der Waals surface area contributed by atoms with Gasteiger partial charge < -0.3 is 9.64 Å². The summed E-state index contributed by atoms with van der Waals surface area (Å²) < 4.78 is 36.2. The van der Waals surface area contributed by atoms with Gasteiger partial charge in [0, 0.05) is 29.1 Å². The Morgan fingerprint density at radius 1 is 1.17 bits per heavy atom. The van der Waals surface area contributed by atoms with E-state index in [0.717, 1.165) is 74.5 Å². The van der Waals surface area contributed by atoms with Crippen LogP contribution in [0.15, 0.2) is 48.6 Å². The summed E-state index contributed by atoms with van der Waals surface area (Å²) in [6.07, 6.45) is 12.9. The van der Waals surface area contributed by atoms with Crippen LogP contribution in [0.4, 0.5) is 5.69 Å². The van der Waals surface area contributed by atoms with Crippen molar-refractivity contribution in [2.45, 2.75) is 82.3 Å². The van der Waals surface area contributed by atoms with Crippen LogP contribution >= 0.6 is 11.6 Å². The molecule has 6 rings (SSSR count). The van der Waals surface area contributed by atoms with E-state index in [2.05, 4.69) is 40.8 Å². The first-order valence-corrected chi connectivity index (χ1v) is 17.6. The van der Waals surface area contributed by atoms with E-state index in [1.165, 1.54) is 11.1 Å². The van der Waals surface area contributed by atoms with Crippen LogP contribution in [-0.2, 0) is 21.9 Å². The standard InChI is InChI=1S/C34H43ClN2O4S/c1-3-4-10-32-23(2)7-5-8-24-11-12-27(24)20-37-21-34(17-6-9-25-18-28(35)14-15-29(25)34)22-41-31-16-13-26(19-30(31)37)33(38)36-42(32,39)40/h5,8,13-16,18-19,23-24,27,32H,3-4,6-7,9-12,17,20-22H2,1-2H3,(H,36,38)/b8-5-/t23-,24?,27?,32?,34+/m1/s1. The molecule has 226 valence electrons. The average Bonchev–Trinajstić information content (AvgIpc) is 3.09. The highest BCUT2D eigenvalue weighted by Gasteiger charge is 2.43. The number of rotatable bonds is 3. The molecule has 2 aromatic rings. The third-order valence-corrected chi connectivity index (χ3v) is 12.4. The summed E-state index contributed by atoms with van der Waals surface area (Å²) in [5.74, 6) is 1.05. The molecule has 2 aromatic carbocycles. The van der Waals surface area contributed by atoms with Crippen molar-refractivity contribution < 1.29 is 17.9 Å². The van der Waals surface area contributed by atoms with E-state index in [9.17, 15) is 13.2 Å². The molecule has 0 radical (unpaired) electrons. The lowest BCUT2D eigenvalue weighted by Gasteiger charge is -2.44. The molecule has 8 heteroatoms. The van der Waals surface area contributed by atoms with Gasteiger partial charge >= 0.3 is 0 Å². The molecule has 2 bridgehead atoms. The normalized spacial score (nSPS) is 31.2. The molecule has 3 unspecified atom stereocenters. The zero-order valence-corrected chi connectivity index (χ0v) is 26.4. The summed E-state index contributed by atoms with van der Waals surface area (Å²) in [6, 6.07) is 11.7. The fraction of sp³-hybridized carbons (Fsp3) is 0.559. The lowest BCUT2D eigenvalue weighted by atomic mass is 9.69. The van der Waals surface area contributed by atoms with Crippen LogP contribution in [-0.4, -0.2) is 39.3 Å². The van der Waals surface area contributed by atoms with E-state index in [-0.39, 0.29) is 11.3 Å². The number of carbonyl (C=O) groups excluding carboxylic acids is 1. The molecular formula is C34H43ClN2O4S. The summed E-state index contributed by atoms with van der Waals surface area (Å²) in [6.45, 7) is 6.26. The summed E-state index contributed by atoms with van der Waals surface area (Å²) in [5, 5.41) is 0.146. The van der Waals surface area contributed by atoms with Crippen molar-refractivity contribution in [3.63, 3.8) is 0 Å². The van der Waals surface area contributed by atoms with Crippen LogP contribution in [0, 0.1) is 17.8 Å². The number of hydrogen-bond acceptors (Lipinski definition) is 5. The Kier molecular flexibility index (Phi) is 8.36. The second kappa shape index (κ2) is 11.9. The van der Waals surface area contributed by atoms with Gasteiger partial charge in [-0.25, -0.2) is 13.1 Å². The number of unbranched alkanes of at least 4 members (excludes halogenated alkanes) is 1. The predicted molar refractivity (Wildman–Crippen MR) is 169 cm³/mol. The Morgan fingerprint density at radius 2 is 2.02 bits per heavy atom. The Morgan fingerprint density at radius 3 is 2.81 bits per heavy atom. The lowest BCUT2D eigenvalue weighted by molar-refractivity contribution is 0.0980. The van der Waals surface area contributed by atoms with Gasteiger partial charge in [0.2, 0.25) is 10.0 Å². The van der Waals surface area contributed by atoms with Crippen molar-refractivity contribution in [1.29, 1.82) is 0 Å². The molecule has 4 aliphatic rings. The molecule has 6 nitrogen and oxygen atoms in total.